The van der Waals surface area contributed by atoms with E-state index in [0.717, 1.165) is 0 Å². The quantitative estimate of drug-likeness (QED) is 0.608. The summed E-state index contributed by atoms with van der Waals surface area (Å²) >= 11 is 0. The molecular weight excluding hydrogens is 154 g/mol. The fourth-order valence-corrected chi connectivity index (χ4v) is 0.736. The molecule has 0 unspecified atom stereocenters. The lowest BCUT2D eigenvalue weighted by atomic mass is 9.80. The molecule has 0 aromatic carbocycles. The Labute approximate surface area is 74.6 Å². The molecule has 0 aromatic rings. The van der Waals surface area contributed by atoms with E-state index >= 15 is 0 Å². The minimum absolute atomic E-state index is 0.0139. The van der Waals surface area contributed by atoms with Gasteiger partial charge in [-0.3, -0.25) is 9.63 Å². The molecule has 0 aliphatic rings. The van der Waals surface area contributed by atoms with Gasteiger partial charge in [0.2, 0.25) is 0 Å². The fraction of sp³-hybridized carbons (Fsp3) is 0.889. The van der Waals surface area contributed by atoms with Crippen molar-refractivity contribution in [2.45, 2.75) is 27.7 Å². The summed E-state index contributed by atoms with van der Waals surface area (Å²) in [6.45, 7) is 7.91. The molecule has 0 radical (unpaired) electrons. The maximum atomic E-state index is 11.6. The second kappa shape index (κ2) is 3.90. The molecule has 0 saturated heterocycles. The first-order valence-corrected chi connectivity index (χ1v) is 4.16. The van der Waals surface area contributed by atoms with Crippen LogP contribution in [-0.4, -0.2) is 25.1 Å². The number of amides is 1. The minimum Gasteiger partial charge on any atom is -0.275 e. The predicted octanol–water partition coefficient (Wildman–Crippen LogP) is 1.69. The van der Waals surface area contributed by atoms with Crippen molar-refractivity contribution in [1.29, 1.82) is 0 Å². The molecule has 0 N–H and O–H groups in total. The summed E-state index contributed by atoms with van der Waals surface area (Å²) in [5, 5.41) is 1.28. The number of carbonyl (C=O) groups is 1. The molecule has 0 spiro atoms. The average Bonchev–Trinajstić information content (AvgIpc) is 2.01. The number of hydrogen-bond acceptors (Lipinski definition) is 2. The first kappa shape index (κ1) is 11.4. The normalized spacial score (nSPS) is 11.9. The predicted molar refractivity (Wildman–Crippen MR) is 48.4 cm³/mol. The van der Waals surface area contributed by atoms with Gasteiger partial charge in [0.1, 0.15) is 0 Å². The lowest BCUT2D eigenvalue weighted by molar-refractivity contribution is -0.180. The zero-order chi connectivity index (χ0) is 9.94. The highest BCUT2D eigenvalue weighted by Crippen LogP contribution is 2.27. The molecule has 0 aliphatic carbocycles. The SMILES string of the molecule is CON(C)C(=O)C(C)(C)C(C)C. The van der Waals surface area contributed by atoms with Gasteiger partial charge in [0.25, 0.3) is 5.91 Å². The van der Waals surface area contributed by atoms with Crippen LogP contribution in [0.3, 0.4) is 0 Å². The Balaban J connectivity index is 4.46. The zero-order valence-corrected chi connectivity index (χ0v) is 8.84. The maximum Gasteiger partial charge on any atom is 0.251 e. The first-order chi connectivity index (χ1) is 5.34. The molecule has 1 amide bonds. The van der Waals surface area contributed by atoms with Crippen LogP contribution in [0.5, 0.6) is 0 Å². The monoisotopic (exact) mass is 173 g/mol. The van der Waals surface area contributed by atoms with Crippen molar-refractivity contribution in [3.05, 3.63) is 0 Å². The number of hydroxylamine groups is 2. The highest BCUT2D eigenvalue weighted by Gasteiger charge is 2.33. The van der Waals surface area contributed by atoms with Gasteiger partial charge in [0, 0.05) is 12.5 Å². The number of hydrogen-bond donors (Lipinski definition) is 0. The molecule has 72 valence electrons. The van der Waals surface area contributed by atoms with Gasteiger partial charge in [-0.25, -0.2) is 5.06 Å². The Morgan fingerprint density at radius 3 is 2.08 bits per heavy atom. The Hall–Kier alpha value is -0.570. The molecule has 0 fully saturated rings. The molecule has 0 atom stereocenters. The van der Waals surface area contributed by atoms with Crippen molar-refractivity contribution in [1.82, 2.24) is 5.06 Å². The maximum absolute atomic E-state index is 11.6. The van der Waals surface area contributed by atoms with E-state index in [1.807, 2.05) is 27.7 Å². The summed E-state index contributed by atoms with van der Waals surface area (Å²) in [6.07, 6.45) is 0. The molecule has 0 aliphatic heterocycles. The summed E-state index contributed by atoms with van der Waals surface area (Å²) in [5.74, 6) is 0.322. The molecule has 0 bridgehead atoms. The first-order valence-electron chi connectivity index (χ1n) is 4.16. The summed E-state index contributed by atoms with van der Waals surface area (Å²) in [4.78, 5) is 16.5. The Bertz CT molecular complexity index is 164. The van der Waals surface area contributed by atoms with Crippen LogP contribution >= 0.6 is 0 Å². The van der Waals surface area contributed by atoms with Crippen molar-refractivity contribution in [2.75, 3.05) is 14.2 Å². The fourth-order valence-electron chi connectivity index (χ4n) is 0.736. The highest BCUT2D eigenvalue weighted by atomic mass is 16.7. The second-order valence-electron chi connectivity index (χ2n) is 3.86. The van der Waals surface area contributed by atoms with Gasteiger partial charge in [0.15, 0.2) is 0 Å². The van der Waals surface area contributed by atoms with Crippen molar-refractivity contribution >= 4 is 5.91 Å². The van der Waals surface area contributed by atoms with Gasteiger partial charge in [-0.2, -0.15) is 0 Å². The molecule has 3 nitrogen and oxygen atoms in total. The van der Waals surface area contributed by atoms with E-state index < -0.39 is 0 Å². The Kier molecular flexibility index (Phi) is 3.71. The van der Waals surface area contributed by atoms with E-state index in [1.165, 1.54) is 12.2 Å². The summed E-state index contributed by atoms with van der Waals surface area (Å²) in [7, 11) is 3.13. The van der Waals surface area contributed by atoms with Gasteiger partial charge >= 0.3 is 0 Å². The summed E-state index contributed by atoms with van der Waals surface area (Å²) < 4.78 is 0. The van der Waals surface area contributed by atoms with Crippen LogP contribution < -0.4 is 0 Å². The van der Waals surface area contributed by atoms with Gasteiger partial charge in [-0.05, 0) is 5.92 Å². The van der Waals surface area contributed by atoms with Crippen molar-refractivity contribution in [3.8, 4) is 0 Å². The number of carbonyl (C=O) groups excluding carboxylic acids is 1. The van der Waals surface area contributed by atoms with Crippen LogP contribution in [0.4, 0.5) is 0 Å². The molecule has 0 rings (SSSR count). The van der Waals surface area contributed by atoms with Crippen LogP contribution in [0.2, 0.25) is 0 Å². The second-order valence-corrected chi connectivity index (χ2v) is 3.86. The van der Waals surface area contributed by atoms with E-state index in [2.05, 4.69) is 0 Å². The van der Waals surface area contributed by atoms with E-state index in [9.17, 15) is 4.79 Å². The van der Waals surface area contributed by atoms with Crippen LogP contribution in [-0.2, 0) is 9.63 Å². The van der Waals surface area contributed by atoms with Crippen molar-refractivity contribution in [2.24, 2.45) is 11.3 Å². The van der Waals surface area contributed by atoms with Crippen molar-refractivity contribution < 1.29 is 9.63 Å². The van der Waals surface area contributed by atoms with Crippen molar-refractivity contribution in [3.63, 3.8) is 0 Å². The topological polar surface area (TPSA) is 29.5 Å². The van der Waals surface area contributed by atoms with Crippen LogP contribution in [0.15, 0.2) is 0 Å². The number of nitrogens with zero attached hydrogens (tertiary/aromatic N) is 1. The Morgan fingerprint density at radius 1 is 1.42 bits per heavy atom. The zero-order valence-electron chi connectivity index (χ0n) is 8.84. The smallest absolute Gasteiger partial charge is 0.251 e. The molecule has 0 heterocycles. The molecule has 3 heteroatoms. The molecule has 0 aromatic heterocycles. The third-order valence-corrected chi connectivity index (χ3v) is 2.55. The molecule has 12 heavy (non-hydrogen) atoms. The van der Waals surface area contributed by atoms with Gasteiger partial charge < -0.3 is 0 Å². The highest BCUT2D eigenvalue weighted by molar-refractivity contribution is 5.81. The van der Waals surface area contributed by atoms with E-state index in [1.54, 1.807) is 7.05 Å². The summed E-state index contributed by atoms with van der Waals surface area (Å²) in [5.41, 5.74) is -0.356. The summed E-state index contributed by atoms with van der Waals surface area (Å²) in [6, 6.07) is 0. The Morgan fingerprint density at radius 2 is 1.83 bits per heavy atom. The average molecular weight is 173 g/mol. The third-order valence-electron chi connectivity index (χ3n) is 2.55. The van der Waals surface area contributed by atoms with E-state index in [-0.39, 0.29) is 11.3 Å². The largest absolute Gasteiger partial charge is 0.275 e. The third kappa shape index (κ3) is 2.21. The van der Waals surface area contributed by atoms with Crippen LogP contribution in [0.25, 0.3) is 0 Å². The molecular formula is C9H19NO2. The van der Waals surface area contributed by atoms with Gasteiger partial charge in [-0.1, -0.05) is 27.7 Å². The van der Waals surface area contributed by atoms with Crippen LogP contribution in [0.1, 0.15) is 27.7 Å². The number of rotatable bonds is 3. The standard InChI is InChI=1S/C9H19NO2/c1-7(2)9(3,4)8(11)10(5)12-6/h7H,1-6H3. The lowest BCUT2D eigenvalue weighted by Gasteiger charge is -2.30. The van der Waals surface area contributed by atoms with E-state index in [4.69, 9.17) is 4.84 Å². The minimum atomic E-state index is -0.356. The van der Waals surface area contributed by atoms with Gasteiger partial charge in [-0.15, -0.1) is 0 Å². The lowest BCUT2D eigenvalue weighted by Crippen LogP contribution is -2.40. The van der Waals surface area contributed by atoms with Gasteiger partial charge in [0.05, 0.1) is 7.11 Å². The van der Waals surface area contributed by atoms with E-state index in [0.29, 0.717) is 5.92 Å². The molecule has 0 saturated carbocycles. The van der Waals surface area contributed by atoms with Crippen LogP contribution in [0, 0.1) is 11.3 Å².